The van der Waals surface area contributed by atoms with E-state index in [0.29, 0.717) is 6.42 Å². The summed E-state index contributed by atoms with van der Waals surface area (Å²) in [5.41, 5.74) is 2.85. The molecule has 0 aliphatic heterocycles. The number of hydrogen-bond donors (Lipinski definition) is 1. The van der Waals surface area contributed by atoms with Crippen molar-refractivity contribution in [2.75, 3.05) is 5.75 Å². The smallest absolute Gasteiger partial charge is 0.209 e. The lowest BCUT2D eigenvalue weighted by Gasteiger charge is -2.23. The zero-order chi connectivity index (χ0) is 15.7. The van der Waals surface area contributed by atoms with E-state index >= 15 is 0 Å². The van der Waals surface area contributed by atoms with Crippen LogP contribution in [0.4, 0.5) is 0 Å². The van der Waals surface area contributed by atoms with Gasteiger partial charge in [0.25, 0.3) is 0 Å². The maximum atomic E-state index is 11.1. The second kappa shape index (κ2) is 5.73. The Morgan fingerprint density at radius 3 is 2.71 bits per heavy atom. The lowest BCUT2D eigenvalue weighted by Crippen LogP contribution is -2.23. The number of hydrogen-bond acceptors (Lipinski definition) is 4. The molecular formula is C14H22N4O2S. The maximum Gasteiger partial charge on any atom is 0.209 e. The van der Waals surface area contributed by atoms with Crippen molar-refractivity contribution in [3.05, 3.63) is 29.7 Å². The fourth-order valence-electron chi connectivity index (χ4n) is 2.27. The minimum atomic E-state index is -3.40. The second-order valence-electron chi connectivity index (χ2n) is 6.30. The number of imidazole rings is 1. The summed E-state index contributed by atoms with van der Waals surface area (Å²) in [6.45, 7) is 6.13. The average molecular weight is 310 g/mol. The molecule has 21 heavy (non-hydrogen) atoms. The zero-order valence-corrected chi connectivity index (χ0v) is 13.5. The Hall–Kier alpha value is -1.47. The molecule has 2 N–H and O–H groups in total. The van der Waals surface area contributed by atoms with Crippen molar-refractivity contribution in [3.63, 3.8) is 0 Å². The number of rotatable bonds is 6. The summed E-state index contributed by atoms with van der Waals surface area (Å²) in [6.07, 6.45) is 5.77. The van der Waals surface area contributed by atoms with Crippen molar-refractivity contribution in [2.45, 2.75) is 40.0 Å². The van der Waals surface area contributed by atoms with Gasteiger partial charge in [0.1, 0.15) is 0 Å². The second-order valence-corrected chi connectivity index (χ2v) is 8.03. The van der Waals surface area contributed by atoms with Crippen LogP contribution in [0.3, 0.4) is 0 Å². The van der Waals surface area contributed by atoms with Crippen LogP contribution in [0, 0.1) is 12.3 Å². The molecule has 0 aliphatic carbocycles. The first-order valence-electron chi connectivity index (χ1n) is 6.97. The van der Waals surface area contributed by atoms with E-state index in [9.17, 15) is 8.42 Å². The molecule has 2 heterocycles. The number of nitrogens with two attached hydrogens (primary N) is 1. The molecule has 0 spiro atoms. The Morgan fingerprint density at radius 1 is 1.33 bits per heavy atom. The molecule has 2 aromatic rings. The van der Waals surface area contributed by atoms with Crippen molar-refractivity contribution in [1.29, 1.82) is 0 Å². The number of primary sulfonamides is 1. The van der Waals surface area contributed by atoms with Gasteiger partial charge in [-0.2, -0.15) is 5.10 Å². The van der Waals surface area contributed by atoms with E-state index < -0.39 is 10.0 Å². The topological polar surface area (TPSA) is 90.4 Å². The lowest BCUT2D eigenvalue weighted by molar-refractivity contribution is 0.321. The Labute approximate surface area is 125 Å². The summed E-state index contributed by atoms with van der Waals surface area (Å²) in [6, 6.07) is 2.04. The van der Waals surface area contributed by atoms with Crippen LogP contribution >= 0.6 is 0 Å². The van der Waals surface area contributed by atoms with Crippen LogP contribution in [0.2, 0.25) is 0 Å². The zero-order valence-electron chi connectivity index (χ0n) is 12.7. The molecular weight excluding hydrogens is 288 g/mol. The van der Waals surface area contributed by atoms with Crippen molar-refractivity contribution in [1.82, 2.24) is 14.6 Å². The van der Waals surface area contributed by atoms with Gasteiger partial charge in [-0.3, -0.25) is 0 Å². The van der Waals surface area contributed by atoms with Gasteiger partial charge in [0.05, 0.1) is 11.4 Å². The number of aryl methyl sites for hydroxylation is 2. The summed E-state index contributed by atoms with van der Waals surface area (Å²) in [5.74, 6) is 0.0208. The van der Waals surface area contributed by atoms with Gasteiger partial charge in [-0.05, 0) is 43.2 Å². The van der Waals surface area contributed by atoms with Crippen molar-refractivity contribution in [2.24, 2.45) is 10.6 Å². The Balaban J connectivity index is 2.03. The molecule has 0 amide bonds. The molecule has 6 nitrogen and oxygen atoms in total. The van der Waals surface area contributed by atoms with E-state index in [1.54, 1.807) is 10.7 Å². The Bertz CT molecular complexity index is 735. The summed E-state index contributed by atoms with van der Waals surface area (Å²) in [7, 11) is -3.40. The van der Waals surface area contributed by atoms with Crippen LogP contribution in [-0.2, 0) is 16.4 Å². The third-order valence-corrected chi connectivity index (χ3v) is 4.49. The highest BCUT2D eigenvalue weighted by atomic mass is 32.2. The van der Waals surface area contributed by atoms with Gasteiger partial charge in [0, 0.05) is 12.4 Å². The largest absolute Gasteiger partial charge is 0.235 e. The molecule has 0 aliphatic rings. The monoisotopic (exact) mass is 310 g/mol. The van der Waals surface area contributed by atoms with Crippen molar-refractivity contribution in [3.8, 4) is 0 Å². The molecule has 0 saturated heterocycles. The van der Waals surface area contributed by atoms with E-state index in [0.717, 1.165) is 29.7 Å². The lowest BCUT2D eigenvalue weighted by atomic mass is 9.84. The fraction of sp³-hybridized carbons (Fsp3) is 0.571. The predicted molar refractivity (Wildman–Crippen MR) is 82.4 cm³/mol. The molecule has 2 rings (SSSR count). The summed E-state index contributed by atoms with van der Waals surface area (Å²) in [4.78, 5) is 4.24. The van der Waals surface area contributed by atoms with Gasteiger partial charge in [-0.25, -0.2) is 23.1 Å². The highest BCUT2D eigenvalue weighted by Gasteiger charge is 2.20. The molecule has 0 atom stereocenters. The molecule has 0 unspecified atom stereocenters. The first kappa shape index (κ1) is 15.9. The molecule has 0 radical (unpaired) electrons. The number of nitrogens with zero attached hydrogens (tertiary/aromatic N) is 3. The van der Waals surface area contributed by atoms with E-state index in [1.165, 1.54) is 0 Å². The third kappa shape index (κ3) is 4.50. The summed E-state index contributed by atoms with van der Waals surface area (Å²) >= 11 is 0. The first-order valence-corrected chi connectivity index (χ1v) is 8.68. The van der Waals surface area contributed by atoms with Gasteiger partial charge in [-0.15, -0.1) is 0 Å². The van der Waals surface area contributed by atoms with Crippen LogP contribution in [-0.4, -0.2) is 28.8 Å². The molecule has 0 aromatic carbocycles. The molecule has 116 valence electrons. The van der Waals surface area contributed by atoms with Crippen molar-refractivity contribution < 1.29 is 8.42 Å². The standard InChI is InChI=1S/C14H22N4O2S/c1-11-10-12(17-18-8-7-16-13(11)18)4-5-14(2,3)6-9-21(15,19)20/h7-8,10H,4-6,9H2,1-3H3,(H2,15,19,20). The number of aromatic nitrogens is 3. The summed E-state index contributed by atoms with van der Waals surface area (Å²) in [5, 5.41) is 9.59. The van der Waals surface area contributed by atoms with Gasteiger partial charge in [0.2, 0.25) is 10.0 Å². The quantitative estimate of drug-likeness (QED) is 0.878. The highest BCUT2D eigenvalue weighted by molar-refractivity contribution is 7.89. The van der Waals surface area contributed by atoms with Crippen LogP contribution in [0.5, 0.6) is 0 Å². The van der Waals surface area contributed by atoms with Crippen LogP contribution in [0.25, 0.3) is 5.65 Å². The van der Waals surface area contributed by atoms with E-state index in [1.807, 2.05) is 19.2 Å². The number of sulfonamides is 1. The minimum absolute atomic E-state index is 0.0208. The molecule has 2 aromatic heterocycles. The first-order chi connectivity index (χ1) is 9.66. The highest BCUT2D eigenvalue weighted by Crippen LogP contribution is 2.27. The van der Waals surface area contributed by atoms with Gasteiger partial charge >= 0.3 is 0 Å². The van der Waals surface area contributed by atoms with Gasteiger partial charge < -0.3 is 0 Å². The fourth-order valence-corrected chi connectivity index (χ4v) is 3.11. The molecule has 0 fully saturated rings. The third-order valence-electron chi connectivity index (χ3n) is 3.71. The Kier molecular flexibility index (Phi) is 4.34. The van der Waals surface area contributed by atoms with E-state index in [4.69, 9.17) is 5.14 Å². The molecule has 0 saturated carbocycles. The minimum Gasteiger partial charge on any atom is -0.235 e. The van der Waals surface area contributed by atoms with E-state index in [-0.39, 0.29) is 11.2 Å². The summed E-state index contributed by atoms with van der Waals surface area (Å²) < 4.78 is 23.9. The van der Waals surface area contributed by atoms with Crippen molar-refractivity contribution >= 4 is 15.7 Å². The van der Waals surface area contributed by atoms with E-state index in [2.05, 4.69) is 23.9 Å². The normalized spacial score (nSPS) is 13.0. The van der Waals surface area contributed by atoms with Crippen LogP contribution < -0.4 is 5.14 Å². The average Bonchev–Trinajstić information content (AvgIpc) is 2.82. The molecule has 7 heteroatoms. The Morgan fingerprint density at radius 2 is 2.05 bits per heavy atom. The van der Waals surface area contributed by atoms with Gasteiger partial charge in [-0.1, -0.05) is 13.8 Å². The van der Waals surface area contributed by atoms with Crippen LogP contribution in [0.15, 0.2) is 18.5 Å². The maximum absolute atomic E-state index is 11.1. The molecule has 0 bridgehead atoms. The SMILES string of the molecule is Cc1cc(CCC(C)(C)CCS(N)(=O)=O)nn2ccnc12. The van der Waals surface area contributed by atoms with Gasteiger partial charge in [0.15, 0.2) is 5.65 Å². The predicted octanol–water partition coefficient (Wildman–Crippen LogP) is 1.68. The number of fused-ring (bicyclic) bond motifs is 1. The van der Waals surface area contributed by atoms with Crippen LogP contribution in [0.1, 0.15) is 37.9 Å².